The zero-order valence-electron chi connectivity index (χ0n) is 13.8. The van der Waals surface area contributed by atoms with E-state index in [0.29, 0.717) is 18.1 Å². The number of thioether (sulfide) groups is 1. The molecule has 5 nitrogen and oxygen atoms in total. The van der Waals surface area contributed by atoms with Crippen molar-refractivity contribution >= 4 is 32.7 Å². The zero-order valence-corrected chi connectivity index (χ0v) is 15.4. The number of rotatable bonds is 7. The summed E-state index contributed by atoms with van der Waals surface area (Å²) in [6.07, 6.45) is 4.16. The molecule has 2 N–H and O–H groups in total. The number of pyridine rings is 1. The molecule has 0 radical (unpaired) electrons. The quantitative estimate of drug-likeness (QED) is 0.737. The van der Waals surface area contributed by atoms with Crippen LogP contribution in [-0.4, -0.2) is 44.0 Å². The molecule has 0 spiro atoms. The minimum absolute atomic E-state index is 0.252. The van der Waals surface area contributed by atoms with Crippen LogP contribution in [0.3, 0.4) is 0 Å². The lowest BCUT2D eigenvalue weighted by atomic mass is 10.2. The van der Waals surface area contributed by atoms with Crippen LogP contribution < -0.4 is 10.0 Å². The zero-order chi connectivity index (χ0) is 17.0. The number of benzene rings is 1. The van der Waals surface area contributed by atoms with E-state index in [1.165, 1.54) is 12.8 Å². The Hall–Kier alpha value is -1.15. The summed E-state index contributed by atoms with van der Waals surface area (Å²) in [6.45, 7) is 3.48. The molecule has 0 bridgehead atoms. The third-order valence-corrected chi connectivity index (χ3v) is 6.74. The van der Waals surface area contributed by atoms with E-state index in [1.807, 2.05) is 19.1 Å². The van der Waals surface area contributed by atoms with Gasteiger partial charge in [-0.05, 0) is 44.0 Å². The minimum Gasteiger partial charge on any atom is -0.313 e. The fourth-order valence-electron chi connectivity index (χ4n) is 2.91. The Labute approximate surface area is 147 Å². The molecule has 1 aliphatic heterocycles. The molecule has 1 fully saturated rings. The summed E-state index contributed by atoms with van der Waals surface area (Å²) in [5.74, 6) is 1.81. The second-order valence-electron chi connectivity index (χ2n) is 6.11. The first-order valence-electron chi connectivity index (χ1n) is 8.22. The van der Waals surface area contributed by atoms with Gasteiger partial charge in [-0.25, -0.2) is 13.1 Å². The van der Waals surface area contributed by atoms with E-state index in [-0.39, 0.29) is 4.90 Å². The molecular weight excluding hydrogens is 342 g/mol. The minimum atomic E-state index is -3.54. The monoisotopic (exact) mass is 365 g/mol. The van der Waals surface area contributed by atoms with E-state index in [4.69, 9.17) is 0 Å². The Morgan fingerprint density at radius 1 is 1.42 bits per heavy atom. The third-order valence-electron chi connectivity index (χ3n) is 4.12. The number of para-hydroxylation sites is 1. The number of aryl methyl sites for hydroxylation is 1. The Balaban J connectivity index is 1.61. The van der Waals surface area contributed by atoms with Gasteiger partial charge in [0.1, 0.15) is 4.90 Å². The van der Waals surface area contributed by atoms with Gasteiger partial charge in [0.15, 0.2) is 0 Å². The van der Waals surface area contributed by atoms with E-state index in [2.05, 4.69) is 15.0 Å². The highest BCUT2D eigenvalue weighted by Gasteiger charge is 2.18. The van der Waals surface area contributed by atoms with Crippen molar-refractivity contribution in [2.24, 2.45) is 0 Å². The van der Waals surface area contributed by atoms with Crippen molar-refractivity contribution < 1.29 is 8.42 Å². The molecular formula is C17H23N3O2S2. The molecule has 3 rings (SSSR count). The van der Waals surface area contributed by atoms with Crippen LogP contribution in [0.2, 0.25) is 0 Å². The molecule has 130 valence electrons. The molecule has 1 aromatic carbocycles. The van der Waals surface area contributed by atoms with E-state index >= 15 is 0 Å². The van der Waals surface area contributed by atoms with Crippen LogP contribution in [-0.2, 0) is 10.0 Å². The predicted molar refractivity (Wildman–Crippen MR) is 100 cm³/mol. The Morgan fingerprint density at radius 3 is 3.08 bits per heavy atom. The van der Waals surface area contributed by atoms with E-state index < -0.39 is 10.0 Å². The van der Waals surface area contributed by atoms with Gasteiger partial charge in [0, 0.05) is 35.7 Å². The fourth-order valence-corrected chi connectivity index (χ4v) is 5.23. The summed E-state index contributed by atoms with van der Waals surface area (Å²) in [4.78, 5) is 4.56. The van der Waals surface area contributed by atoms with Crippen LogP contribution in [0, 0.1) is 6.92 Å². The van der Waals surface area contributed by atoms with E-state index in [1.54, 1.807) is 30.1 Å². The predicted octanol–water partition coefficient (Wildman–Crippen LogP) is 2.31. The number of nitrogens with one attached hydrogen (secondary N) is 2. The first-order valence-corrected chi connectivity index (χ1v) is 10.9. The average Bonchev–Trinajstić information content (AvgIpc) is 3.07. The van der Waals surface area contributed by atoms with Crippen molar-refractivity contribution in [1.82, 2.24) is 15.0 Å². The van der Waals surface area contributed by atoms with Crippen molar-refractivity contribution in [3.8, 4) is 0 Å². The van der Waals surface area contributed by atoms with Crippen LogP contribution in [0.15, 0.2) is 35.4 Å². The molecule has 0 saturated carbocycles. The second kappa shape index (κ2) is 7.82. The molecule has 1 aliphatic rings. The molecule has 0 amide bonds. The van der Waals surface area contributed by atoms with Gasteiger partial charge < -0.3 is 5.32 Å². The van der Waals surface area contributed by atoms with Crippen LogP contribution in [0.4, 0.5) is 0 Å². The third kappa shape index (κ3) is 4.27. The van der Waals surface area contributed by atoms with Gasteiger partial charge in [-0.2, -0.15) is 11.8 Å². The van der Waals surface area contributed by atoms with Gasteiger partial charge in [0.2, 0.25) is 10.0 Å². The topological polar surface area (TPSA) is 71.1 Å². The standard InChI is InChI=1S/C17H23N3O2S2/c1-13-10-14-4-2-6-16(17(14)19-11-13)24(21,22)20-8-9-23-12-15-5-3-7-18-15/h2,4,6,10-11,15,18,20H,3,5,7-9,12H2,1H3. The van der Waals surface area contributed by atoms with Gasteiger partial charge in [-0.3, -0.25) is 4.98 Å². The lowest BCUT2D eigenvalue weighted by Gasteiger charge is -2.11. The second-order valence-corrected chi connectivity index (χ2v) is 8.99. The Bertz CT molecular complexity index is 803. The summed E-state index contributed by atoms with van der Waals surface area (Å²) in [5.41, 5.74) is 1.54. The number of hydrogen-bond donors (Lipinski definition) is 2. The number of fused-ring (bicyclic) bond motifs is 1. The highest BCUT2D eigenvalue weighted by Crippen LogP contribution is 2.21. The van der Waals surface area contributed by atoms with Crippen molar-refractivity contribution in [1.29, 1.82) is 0 Å². The summed E-state index contributed by atoms with van der Waals surface area (Å²) in [5, 5.41) is 4.29. The molecule has 2 aromatic rings. The van der Waals surface area contributed by atoms with Crippen molar-refractivity contribution in [2.45, 2.75) is 30.7 Å². The number of hydrogen-bond acceptors (Lipinski definition) is 5. The highest BCUT2D eigenvalue weighted by atomic mass is 32.2. The SMILES string of the molecule is Cc1cnc2c(S(=O)(=O)NCCSCC3CCCN3)cccc2c1. The fraction of sp³-hybridized carbons (Fsp3) is 0.471. The Kier molecular flexibility index (Phi) is 5.76. The highest BCUT2D eigenvalue weighted by molar-refractivity contribution is 7.99. The number of sulfonamides is 1. The average molecular weight is 366 g/mol. The maximum atomic E-state index is 12.6. The maximum absolute atomic E-state index is 12.6. The molecule has 2 heterocycles. The number of aromatic nitrogens is 1. The van der Waals surface area contributed by atoms with Gasteiger partial charge in [0.25, 0.3) is 0 Å². The maximum Gasteiger partial charge on any atom is 0.242 e. The lowest BCUT2D eigenvalue weighted by Crippen LogP contribution is -2.28. The lowest BCUT2D eigenvalue weighted by molar-refractivity contribution is 0.585. The van der Waals surface area contributed by atoms with Crippen LogP contribution in [0.5, 0.6) is 0 Å². The first kappa shape index (κ1) is 17.7. The van der Waals surface area contributed by atoms with Crippen LogP contribution in [0.1, 0.15) is 18.4 Å². The van der Waals surface area contributed by atoms with Crippen LogP contribution >= 0.6 is 11.8 Å². The largest absolute Gasteiger partial charge is 0.313 e. The van der Waals surface area contributed by atoms with Gasteiger partial charge in [-0.15, -0.1) is 0 Å². The molecule has 1 aromatic heterocycles. The molecule has 24 heavy (non-hydrogen) atoms. The molecule has 0 aliphatic carbocycles. The molecule has 1 saturated heterocycles. The molecule has 7 heteroatoms. The summed E-state index contributed by atoms with van der Waals surface area (Å²) in [7, 11) is -3.54. The van der Waals surface area contributed by atoms with Gasteiger partial charge in [0.05, 0.1) is 5.52 Å². The molecule has 1 unspecified atom stereocenters. The number of nitrogens with zero attached hydrogens (tertiary/aromatic N) is 1. The summed E-state index contributed by atoms with van der Waals surface area (Å²) in [6, 6.07) is 7.79. The van der Waals surface area contributed by atoms with Gasteiger partial charge in [-0.1, -0.05) is 12.1 Å². The van der Waals surface area contributed by atoms with E-state index in [0.717, 1.165) is 29.0 Å². The summed E-state index contributed by atoms with van der Waals surface area (Å²) >= 11 is 1.79. The van der Waals surface area contributed by atoms with E-state index in [9.17, 15) is 8.42 Å². The van der Waals surface area contributed by atoms with Crippen molar-refractivity contribution in [3.05, 3.63) is 36.0 Å². The van der Waals surface area contributed by atoms with Crippen LogP contribution in [0.25, 0.3) is 10.9 Å². The molecule has 1 atom stereocenters. The normalized spacial score (nSPS) is 18.3. The summed E-state index contributed by atoms with van der Waals surface area (Å²) < 4.78 is 27.9. The van der Waals surface area contributed by atoms with Gasteiger partial charge >= 0.3 is 0 Å². The smallest absolute Gasteiger partial charge is 0.242 e. The first-order chi connectivity index (χ1) is 11.6. The Morgan fingerprint density at radius 2 is 2.29 bits per heavy atom. The van der Waals surface area contributed by atoms with Crippen molar-refractivity contribution in [2.75, 3.05) is 24.6 Å². The van der Waals surface area contributed by atoms with Crippen molar-refractivity contribution in [3.63, 3.8) is 0 Å².